The number of para-hydroxylation sites is 1. The summed E-state index contributed by atoms with van der Waals surface area (Å²) in [6, 6.07) is 12.5. The van der Waals surface area contributed by atoms with Gasteiger partial charge in [0.25, 0.3) is 0 Å². The first kappa shape index (κ1) is 35.9. The van der Waals surface area contributed by atoms with Crippen LogP contribution in [0.2, 0.25) is 0 Å². The third kappa shape index (κ3) is 7.94. The van der Waals surface area contributed by atoms with E-state index in [-0.39, 0.29) is 35.9 Å². The minimum absolute atomic E-state index is 0.0481. The molecular formula is C33H41N6O9P. The number of nitrogens with zero attached hydrogens (tertiary/aromatic N) is 4. The van der Waals surface area contributed by atoms with Gasteiger partial charge in [0.1, 0.15) is 35.5 Å². The highest BCUT2D eigenvalue weighted by molar-refractivity contribution is 7.52. The molecule has 262 valence electrons. The third-order valence-electron chi connectivity index (χ3n) is 8.77. The molecule has 2 aliphatic rings. The van der Waals surface area contributed by atoms with Crippen molar-refractivity contribution in [2.45, 2.75) is 95.7 Å². The molecular weight excluding hydrogens is 655 g/mol. The van der Waals surface area contributed by atoms with Crippen LogP contribution in [0, 0.1) is 17.2 Å². The van der Waals surface area contributed by atoms with Crippen LogP contribution in [-0.2, 0) is 43.3 Å². The van der Waals surface area contributed by atoms with Gasteiger partial charge < -0.3 is 24.5 Å². The fourth-order valence-corrected chi connectivity index (χ4v) is 7.34. The van der Waals surface area contributed by atoms with Crippen LogP contribution in [0.3, 0.4) is 0 Å². The molecule has 15 nitrogen and oxygen atoms in total. The molecule has 5 rings (SSSR count). The van der Waals surface area contributed by atoms with E-state index in [0.717, 1.165) is 25.7 Å². The van der Waals surface area contributed by atoms with Crippen molar-refractivity contribution in [3.8, 4) is 11.8 Å². The first-order valence-electron chi connectivity index (χ1n) is 16.4. The fraction of sp³-hybridized carbons (Fsp3) is 0.515. The molecule has 16 heteroatoms. The van der Waals surface area contributed by atoms with Crippen LogP contribution in [0.25, 0.3) is 5.52 Å². The molecule has 1 aliphatic heterocycles. The number of fused-ring (bicyclic) bond motifs is 1. The van der Waals surface area contributed by atoms with E-state index in [0.29, 0.717) is 17.9 Å². The summed E-state index contributed by atoms with van der Waals surface area (Å²) in [6.07, 6.45) is 1.23. The zero-order chi connectivity index (χ0) is 35.2. The Morgan fingerprint density at radius 3 is 2.51 bits per heavy atom. The summed E-state index contributed by atoms with van der Waals surface area (Å²) >= 11 is 0. The van der Waals surface area contributed by atoms with Crippen molar-refractivity contribution in [3.63, 3.8) is 0 Å². The summed E-state index contributed by atoms with van der Waals surface area (Å²) < 4.78 is 45.3. The van der Waals surface area contributed by atoms with Gasteiger partial charge in [-0.15, -0.1) is 0 Å². The van der Waals surface area contributed by atoms with E-state index >= 15 is 0 Å². The highest BCUT2D eigenvalue weighted by Crippen LogP contribution is 2.48. The molecule has 0 spiro atoms. The van der Waals surface area contributed by atoms with E-state index in [1.165, 1.54) is 16.9 Å². The lowest BCUT2D eigenvalue weighted by molar-refractivity contribution is -0.169. The number of hydrogen-bond donors (Lipinski definition) is 2. The molecule has 2 aromatic heterocycles. The largest absolute Gasteiger partial charge is 0.459 e. The Morgan fingerprint density at radius 2 is 1.86 bits per heavy atom. The Morgan fingerprint density at radius 1 is 1.14 bits per heavy atom. The van der Waals surface area contributed by atoms with Crippen LogP contribution in [0.1, 0.15) is 71.4 Å². The molecule has 2 fully saturated rings. The number of nitrogens with two attached hydrogens (primary N) is 1. The van der Waals surface area contributed by atoms with Crippen molar-refractivity contribution in [2.75, 3.05) is 12.3 Å². The van der Waals surface area contributed by atoms with Gasteiger partial charge in [0, 0.05) is 19.3 Å². The summed E-state index contributed by atoms with van der Waals surface area (Å²) in [5.74, 6) is -0.703. The van der Waals surface area contributed by atoms with E-state index in [4.69, 9.17) is 29.0 Å². The molecule has 6 atom stereocenters. The molecule has 0 radical (unpaired) electrons. The zero-order valence-electron chi connectivity index (χ0n) is 27.7. The maximum absolute atomic E-state index is 14.4. The first-order chi connectivity index (χ1) is 23.5. The number of Topliss-reactive ketones (excluding diaryl/α,β-unsaturated/α-hetero) is 1. The standard InChI is InChI=1S/C33H41N6O9P/c1-4-28(41)45-30-26(47-33(19-34,31(30)46-29(42)5-2)27-17-15-24-32(35)36-20-37-39(24)27)18-44-49(43,48-23-12-7-6-8-13-23)38-21(3)25(40)16-14-22-10-9-11-22/h6-8,12-13,15,17,20-22,26,30-31H,4-5,9-11,14,16,18H2,1-3H3,(H,38,43)(H2,35,36,37)/t21-,26+,30+,31+,33-,49?/m0/s1. The van der Waals surface area contributed by atoms with Gasteiger partial charge in [-0.05, 0) is 43.5 Å². The zero-order valence-corrected chi connectivity index (χ0v) is 28.5. The molecule has 3 N–H and O–H groups in total. The Hall–Kier alpha value is -4.35. The summed E-state index contributed by atoms with van der Waals surface area (Å²) in [5.41, 5.74) is 4.40. The van der Waals surface area contributed by atoms with Crippen molar-refractivity contribution < 1.29 is 42.2 Å². The number of carbonyl (C=O) groups is 3. The quantitative estimate of drug-likeness (QED) is 0.157. The smallest absolute Gasteiger partial charge is 0.455 e. The predicted molar refractivity (Wildman–Crippen MR) is 175 cm³/mol. The maximum Gasteiger partial charge on any atom is 0.459 e. The van der Waals surface area contributed by atoms with Crippen molar-refractivity contribution in [3.05, 3.63) is 54.5 Å². The summed E-state index contributed by atoms with van der Waals surface area (Å²) in [6.45, 7) is 4.14. The monoisotopic (exact) mass is 696 g/mol. The second-order valence-electron chi connectivity index (χ2n) is 12.1. The summed E-state index contributed by atoms with van der Waals surface area (Å²) in [5, 5.41) is 17.7. The van der Waals surface area contributed by atoms with Crippen LogP contribution in [-0.4, -0.2) is 63.3 Å². The Bertz CT molecular complexity index is 1740. The van der Waals surface area contributed by atoms with Crippen LogP contribution >= 0.6 is 7.75 Å². The Labute approximate surface area is 284 Å². The number of nitriles is 1. The minimum Gasteiger partial charge on any atom is -0.455 e. The van der Waals surface area contributed by atoms with Crippen molar-refractivity contribution in [2.24, 2.45) is 5.92 Å². The number of rotatable bonds is 16. The number of ether oxygens (including phenoxy) is 3. The highest BCUT2D eigenvalue weighted by Gasteiger charge is 2.62. The fourth-order valence-electron chi connectivity index (χ4n) is 5.80. The second kappa shape index (κ2) is 15.5. The first-order valence-corrected chi connectivity index (χ1v) is 17.9. The molecule has 3 aromatic rings. The van der Waals surface area contributed by atoms with Crippen LogP contribution in [0.4, 0.5) is 5.82 Å². The Kier molecular flexibility index (Phi) is 11.3. The molecule has 1 saturated carbocycles. The van der Waals surface area contributed by atoms with E-state index in [2.05, 4.69) is 21.2 Å². The number of esters is 2. The van der Waals surface area contributed by atoms with Gasteiger partial charge >= 0.3 is 19.7 Å². The van der Waals surface area contributed by atoms with E-state index in [9.17, 15) is 24.2 Å². The normalized spacial score (nSPS) is 23.9. The van der Waals surface area contributed by atoms with Crippen molar-refractivity contribution >= 4 is 36.8 Å². The number of anilines is 1. The lowest BCUT2D eigenvalue weighted by atomic mass is 9.81. The maximum atomic E-state index is 14.4. The van der Waals surface area contributed by atoms with Crippen LogP contribution in [0.15, 0.2) is 48.8 Å². The third-order valence-corrected chi connectivity index (χ3v) is 10.4. The van der Waals surface area contributed by atoms with Gasteiger partial charge in [-0.25, -0.2) is 19.2 Å². The van der Waals surface area contributed by atoms with Crippen molar-refractivity contribution in [1.29, 1.82) is 5.26 Å². The van der Waals surface area contributed by atoms with Crippen molar-refractivity contribution in [1.82, 2.24) is 19.7 Å². The van der Waals surface area contributed by atoms with Crippen LogP contribution in [0.5, 0.6) is 5.75 Å². The van der Waals surface area contributed by atoms with Gasteiger partial charge in [-0.1, -0.05) is 51.3 Å². The SMILES string of the molecule is CCC(=O)O[C@H]1[C@@H](OC(=O)CC)[C@](C#N)(c2ccc3c(N)ncnn23)O[C@@H]1COP(=O)(N[C@@H](C)C(=O)CCC1CCC1)Oc1ccccc1. The topological polar surface area (TPSA) is 206 Å². The lowest BCUT2D eigenvalue weighted by Gasteiger charge is -2.28. The molecule has 1 aliphatic carbocycles. The molecule has 0 amide bonds. The number of nitrogen functional groups attached to an aromatic ring is 1. The minimum atomic E-state index is -4.35. The molecule has 1 aromatic carbocycles. The van der Waals surface area contributed by atoms with E-state index in [1.54, 1.807) is 57.2 Å². The lowest BCUT2D eigenvalue weighted by Crippen LogP contribution is -2.46. The predicted octanol–water partition coefficient (Wildman–Crippen LogP) is 4.40. The van der Waals surface area contributed by atoms with Gasteiger partial charge in [0.15, 0.2) is 18.0 Å². The van der Waals surface area contributed by atoms with Crippen LogP contribution < -0.4 is 15.3 Å². The molecule has 1 saturated heterocycles. The number of carbonyl (C=O) groups excluding carboxylic acids is 3. The second-order valence-corrected chi connectivity index (χ2v) is 13.8. The Balaban J connectivity index is 1.48. The molecule has 3 heterocycles. The molecule has 1 unspecified atom stereocenters. The molecule has 49 heavy (non-hydrogen) atoms. The van der Waals surface area contributed by atoms with Gasteiger partial charge in [-0.2, -0.15) is 10.4 Å². The van der Waals surface area contributed by atoms with Gasteiger partial charge in [0.2, 0.25) is 5.60 Å². The number of hydrogen-bond acceptors (Lipinski definition) is 13. The van der Waals surface area contributed by atoms with Gasteiger partial charge in [0.05, 0.1) is 18.3 Å². The number of nitrogens with one attached hydrogen (secondary N) is 1. The number of aromatic nitrogens is 3. The summed E-state index contributed by atoms with van der Waals surface area (Å²) in [7, 11) is -4.35. The highest BCUT2D eigenvalue weighted by atomic mass is 31.2. The van der Waals surface area contributed by atoms with Gasteiger partial charge in [-0.3, -0.25) is 18.9 Å². The van der Waals surface area contributed by atoms with E-state index < -0.39 is 56.2 Å². The average molecular weight is 697 g/mol. The number of ketones is 1. The number of benzene rings is 1. The van der Waals surface area contributed by atoms with E-state index in [1.807, 2.05) is 0 Å². The summed E-state index contributed by atoms with van der Waals surface area (Å²) in [4.78, 5) is 42.6. The molecule has 0 bridgehead atoms. The average Bonchev–Trinajstić information content (AvgIpc) is 3.64.